The number of hydrogen-bond acceptors (Lipinski definition) is 3. The molecule has 1 fully saturated rings. The molecule has 0 aliphatic carbocycles. The number of rotatable bonds is 4. The Balaban J connectivity index is 2.24. The van der Waals surface area contributed by atoms with Crippen molar-refractivity contribution < 1.29 is 9.47 Å². The number of hydrogen-bond donors (Lipinski definition) is 1. The molecule has 3 nitrogen and oxygen atoms in total. The average molecular weight is 187 g/mol. The summed E-state index contributed by atoms with van der Waals surface area (Å²) >= 11 is 0. The van der Waals surface area contributed by atoms with Gasteiger partial charge in [-0.15, -0.1) is 0 Å². The lowest BCUT2D eigenvalue weighted by Crippen LogP contribution is -2.44. The molecule has 0 aromatic rings. The van der Waals surface area contributed by atoms with E-state index in [-0.39, 0.29) is 12.1 Å². The summed E-state index contributed by atoms with van der Waals surface area (Å²) in [5, 5.41) is 0. The van der Waals surface area contributed by atoms with Gasteiger partial charge in [-0.1, -0.05) is 20.3 Å². The van der Waals surface area contributed by atoms with Gasteiger partial charge in [-0.2, -0.15) is 0 Å². The van der Waals surface area contributed by atoms with Gasteiger partial charge in [0.15, 0.2) is 0 Å². The highest BCUT2D eigenvalue weighted by atomic mass is 16.6. The molecule has 0 aromatic heterocycles. The maximum Gasteiger partial charge on any atom is 0.0960 e. The standard InChI is InChI=1S/C10H21NO2/c1-3-8(2)6-9(11)10-7-12-4-5-13-10/h8-10H,3-7,11H2,1-2H3. The van der Waals surface area contributed by atoms with Gasteiger partial charge < -0.3 is 15.2 Å². The van der Waals surface area contributed by atoms with Crippen molar-refractivity contribution in [1.29, 1.82) is 0 Å². The third-order valence-corrected chi connectivity index (χ3v) is 2.69. The first-order chi connectivity index (χ1) is 6.24. The Labute approximate surface area is 80.6 Å². The molecule has 1 saturated heterocycles. The third kappa shape index (κ3) is 3.63. The normalized spacial score (nSPS) is 28.4. The molecule has 13 heavy (non-hydrogen) atoms. The van der Waals surface area contributed by atoms with Crippen molar-refractivity contribution in [3.8, 4) is 0 Å². The van der Waals surface area contributed by atoms with Crippen LogP contribution in [0.4, 0.5) is 0 Å². The number of ether oxygens (including phenoxy) is 2. The van der Waals surface area contributed by atoms with E-state index in [1.165, 1.54) is 6.42 Å². The van der Waals surface area contributed by atoms with Crippen molar-refractivity contribution >= 4 is 0 Å². The third-order valence-electron chi connectivity index (χ3n) is 2.69. The predicted octanol–water partition coefficient (Wildman–Crippen LogP) is 1.17. The van der Waals surface area contributed by atoms with Crippen molar-refractivity contribution in [2.24, 2.45) is 11.7 Å². The van der Waals surface area contributed by atoms with Crippen LogP contribution in [0.25, 0.3) is 0 Å². The van der Waals surface area contributed by atoms with E-state index in [1.807, 2.05) is 0 Å². The molecule has 1 heterocycles. The first-order valence-corrected chi connectivity index (χ1v) is 5.19. The highest BCUT2D eigenvalue weighted by molar-refractivity contribution is 4.76. The Kier molecular flexibility index (Phi) is 4.70. The summed E-state index contributed by atoms with van der Waals surface area (Å²) in [7, 11) is 0. The van der Waals surface area contributed by atoms with Gasteiger partial charge >= 0.3 is 0 Å². The minimum absolute atomic E-state index is 0.114. The van der Waals surface area contributed by atoms with Crippen LogP contribution in [0.1, 0.15) is 26.7 Å². The molecule has 0 aromatic carbocycles. The Morgan fingerprint density at radius 3 is 2.77 bits per heavy atom. The second-order valence-corrected chi connectivity index (χ2v) is 3.90. The van der Waals surface area contributed by atoms with Gasteiger partial charge in [0.25, 0.3) is 0 Å². The van der Waals surface area contributed by atoms with Crippen molar-refractivity contribution in [2.45, 2.75) is 38.8 Å². The molecule has 78 valence electrons. The van der Waals surface area contributed by atoms with E-state index >= 15 is 0 Å². The molecule has 0 spiro atoms. The van der Waals surface area contributed by atoms with Crippen LogP contribution in [-0.4, -0.2) is 32.0 Å². The Morgan fingerprint density at radius 2 is 2.23 bits per heavy atom. The molecule has 3 atom stereocenters. The van der Waals surface area contributed by atoms with Crippen LogP contribution in [0.3, 0.4) is 0 Å². The van der Waals surface area contributed by atoms with E-state index in [0.29, 0.717) is 25.7 Å². The largest absolute Gasteiger partial charge is 0.376 e. The quantitative estimate of drug-likeness (QED) is 0.718. The van der Waals surface area contributed by atoms with Gasteiger partial charge in [0.05, 0.1) is 25.9 Å². The molecule has 0 amide bonds. The van der Waals surface area contributed by atoms with Gasteiger partial charge in [0, 0.05) is 6.04 Å². The Bertz CT molecular complexity index is 135. The van der Waals surface area contributed by atoms with Crippen LogP contribution in [0.15, 0.2) is 0 Å². The van der Waals surface area contributed by atoms with E-state index in [0.717, 1.165) is 6.42 Å². The Morgan fingerprint density at radius 1 is 1.46 bits per heavy atom. The monoisotopic (exact) mass is 187 g/mol. The Hall–Kier alpha value is -0.120. The summed E-state index contributed by atoms with van der Waals surface area (Å²) in [4.78, 5) is 0. The fourth-order valence-corrected chi connectivity index (χ4v) is 1.54. The van der Waals surface area contributed by atoms with Crippen molar-refractivity contribution in [2.75, 3.05) is 19.8 Å². The zero-order chi connectivity index (χ0) is 9.68. The van der Waals surface area contributed by atoms with Gasteiger partial charge in [-0.05, 0) is 12.3 Å². The SMILES string of the molecule is CCC(C)CC(N)C1COCCO1. The maximum absolute atomic E-state index is 6.02. The first kappa shape index (κ1) is 11.0. The first-order valence-electron chi connectivity index (χ1n) is 5.19. The summed E-state index contributed by atoms with van der Waals surface area (Å²) in [6.07, 6.45) is 2.33. The highest BCUT2D eigenvalue weighted by Crippen LogP contribution is 2.14. The van der Waals surface area contributed by atoms with E-state index in [1.54, 1.807) is 0 Å². The van der Waals surface area contributed by atoms with Crippen LogP contribution in [0, 0.1) is 5.92 Å². The summed E-state index contributed by atoms with van der Waals surface area (Å²) in [5.74, 6) is 0.681. The molecule has 0 saturated carbocycles. The fourth-order valence-electron chi connectivity index (χ4n) is 1.54. The zero-order valence-corrected chi connectivity index (χ0v) is 8.66. The maximum atomic E-state index is 6.02. The van der Waals surface area contributed by atoms with Gasteiger partial charge in [0.2, 0.25) is 0 Å². The molecule has 1 aliphatic rings. The van der Waals surface area contributed by atoms with Crippen LogP contribution in [0.5, 0.6) is 0 Å². The molecule has 0 bridgehead atoms. The molecular weight excluding hydrogens is 166 g/mol. The minimum atomic E-state index is 0.114. The summed E-state index contributed by atoms with van der Waals surface area (Å²) < 4.78 is 10.8. The second-order valence-electron chi connectivity index (χ2n) is 3.90. The minimum Gasteiger partial charge on any atom is -0.376 e. The lowest BCUT2D eigenvalue weighted by atomic mass is 9.96. The summed E-state index contributed by atoms with van der Waals surface area (Å²) in [5.41, 5.74) is 6.02. The van der Waals surface area contributed by atoms with E-state index in [9.17, 15) is 0 Å². The van der Waals surface area contributed by atoms with E-state index in [2.05, 4.69) is 13.8 Å². The van der Waals surface area contributed by atoms with Crippen LogP contribution >= 0.6 is 0 Å². The lowest BCUT2D eigenvalue weighted by molar-refractivity contribution is -0.0988. The lowest BCUT2D eigenvalue weighted by Gasteiger charge is -2.29. The van der Waals surface area contributed by atoms with Gasteiger partial charge in [-0.25, -0.2) is 0 Å². The van der Waals surface area contributed by atoms with Gasteiger partial charge in [-0.3, -0.25) is 0 Å². The summed E-state index contributed by atoms with van der Waals surface area (Å²) in [6.45, 7) is 6.49. The van der Waals surface area contributed by atoms with Crippen molar-refractivity contribution in [1.82, 2.24) is 0 Å². The van der Waals surface area contributed by atoms with Crippen LogP contribution < -0.4 is 5.73 Å². The second kappa shape index (κ2) is 5.58. The number of nitrogens with two attached hydrogens (primary N) is 1. The summed E-state index contributed by atoms with van der Waals surface area (Å²) in [6, 6.07) is 0.134. The van der Waals surface area contributed by atoms with E-state index < -0.39 is 0 Å². The fraction of sp³-hybridized carbons (Fsp3) is 1.00. The van der Waals surface area contributed by atoms with Crippen LogP contribution in [0.2, 0.25) is 0 Å². The molecule has 3 heteroatoms. The predicted molar refractivity (Wildman–Crippen MR) is 52.6 cm³/mol. The smallest absolute Gasteiger partial charge is 0.0960 e. The molecule has 0 radical (unpaired) electrons. The van der Waals surface area contributed by atoms with Gasteiger partial charge in [0.1, 0.15) is 0 Å². The molecule has 3 unspecified atom stereocenters. The highest BCUT2D eigenvalue weighted by Gasteiger charge is 2.22. The topological polar surface area (TPSA) is 44.5 Å². The van der Waals surface area contributed by atoms with E-state index in [4.69, 9.17) is 15.2 Å². The molecule has 1 rings (SSSR count). The molecule has 2 N–H and O–H groups in total. The average Bonchev–Trinajstić information content (AvgIpc) is 2.19. The zero-order valence-electron chi connectivity index (χ0n) is 8.66. The van der Waals surface area contributed by atoms with Crippen LogP contribution in [-0.2, 0) is 9.47 Å². The molecule has 1 aliphatic heterocycles. The molecular formula is C10H21NO2. The van der Waals surface area contributed by atoms with Crippen molar-refractivity contribution in [3.05, 3.63) is 0 Å². The van der Waals surface area contributed by atoms with Crippen molar-refractivity contribution in [3.63, 3.8) is 0 Å².